The molecule has 0 aromatic heterocycles. The van der Waals surface area contributed by atoms with Crippen LogP contribution in [0.2, 0.25) is 0 Å². The van der Waals surface area contributed by atoms with E-state index in [1.54, 1.807) is 19.1 Å². The molecule has 110 valence electrons. The predicted octanol–water partition coefficient (Wildman–Crippen LogP) is 2.49. The Bertz CT molecular complexity index is 600. The second-order valence-electron chi connectivity index (χ2n) is 5.21. The molecular formula is C14H18O5S. The molecule has 1 aromatic rings. The maximum atomic E-state index is 12.3. The van der Waals surface area contributed by atoms with Crippen LogP contribution in [0.15, 0.2) is 29.2 Å². The van der Waals surface area contributed by atoms with E-state index in [1.807, 2.05) is 0 Å². The maximum Gasteiger partial charge on any atom is 0.337 e. The summed E-state index contributed by atoms with van der Waals surface area (Å²) in [4.78, 5) is 11.5. The summed E-state index contributed by atoms with van der Waals surface area (Å²) in [5.41, 5.74) is -0.830. The zero-order valence-corrected chi connectivity index (χ0v) is 12.1. The molecule has 0 atom stereocenters. The van der Waals surface area contributed by atoms with E-state index in [-0.39, 0.29) is 17.7 Å². The molecule has 0 amide bonds. The Kier molecular flexibility index (Phi) is 4.15. The quantitative estimate of drug-likeness (QED) is 0.864. The average Bonchev–Trinajstić information content (AvgIpc) is 2.39. The van der Waals surface area contributed by atoms with Crippen molar-refractivity contribution < 1.29 is 22.5 Å². The molecule has 0 unspecified atom stereocenters. The third-order valence-corrected chi connectivity index (χ3v) is 4.97. The Morgan fingerprint density at radius 3 is 2.45 bits per heavy atom. The fraction of sp³-hybridized carbons (Fsp3) is 0.500. The fourth-order valence-electron chi connectivity index (χ4n) is 2.48. The molecular weight excluding hydrogens is 280 g/mol. The van der Waals surface area contributed by atoms with Gasteiger partial charge in [-0.1, -0.05) is 18.6 Å². The molecule has 2 rings (SSSR count). The van der Waals surface area contributed by atoms with Crippen molar-refractivity contribution in [1.29, 1.82) is 0 Å². The minimum Gasteiger partial charge on any atom is -0.479 e. The summed E-state index contributed by atoms with van der Waals surface area (Å²) in [6, 6.07) is 6.28. The number of benzene rings is 1. The number of aliphatic carboxylic acids is 1. The monoisotopic (exact) mass is 298 g/mol. The first-order valence-corrected chi connectivity index (χ1v) is 8.02. The van der Waals surface area contributed by atoms with Gasteiger partial charge in [0.1, 0.15) is 0 Å². The zero-order chi connectivity index (χ0) is 14.8. The van der Waals surface area contributed by atoms with Crippen molar-refractivity contribution in [3.63, 3.8) is 0 Å². The fourth-order valence-corrected chi connectivity index (χ4v) is 3.81. The van der Waals surface area contributed by atoms with Gasteiger partial charge < -0.3 is 5.11 Å². The first kappa shape index (κ1) is 15.0. The van der Waals surface area contributed by atoms with E-state index in [0.29, 0.717) is 12.8 Å². The lowest BCUT2D eigenvalue weighted by molar-refractivity contribution is -0.157. The van der Waals surface area contributed by atoms with Crippen LogP contribution in [0.25, 0.3) is 0 Å². The average molecular weight is 298 g/mol. The van der Waals surface area contributed by atoms with Crippen LogP contribution in [0.1, 0.15) is 37.7 Å². The topological polar surface area (TPSA) is 80.7 Å². The second-order valence-corrected chi connectivity index (χ2v) is 6.76. The van der Waals surface area contributed by atoms with Gasteiger partial charge in [0.15, 0.2) is 5.60 Å². The molecule has 1 aliphatic carbocycles. The van der Waals surface area contributed by atoms with Gasteiger partial charge in [-0.2, -0.15) is 8.42 Å². The van der Waals surface area contributed by atoms with Crippen molar-refractivity contribution in [2.45, 2.75) is 49.5 Å². The summed E-state index contributed by atoms with van der Waals surface area (Å²) in [6.45, 7) is 1.77. The smallest absolute Gasteiger partial charge is 0.337 e. The highest BCUT2D eigenvalue weighted by Gasteiger charge is 2.45. The van der Waals surface area contributed by atoms with Crippen LogP contribution >= 0.6 is 0 Å². The van der Waals surface area contributed by atoms with Gasteiger partial charge in [-0.05, 0) is 50.3 Å². The lowest BCUT2D eigenvalue weighted by Crippen LogP contribution is -2.44. The van der Waals surface area contributed by atoms with Gasteiger partial charge >= 0.3 is 5.97 Å². The first-order valence-electron chi connectivity index (χ1n) is 6.61. The lowest BCUT2D eigenvalue weighted by Gasteiger charge is -2.32. The Morgan fingerprint density at radius 2 is 1.90 bits per heavy atom. The van der Waals surface area contributed by atoms with Crippen LogP contribution < -0.4 is 0 Å². The van der Waals surface area contributed by atoms with E-state index < -0.39 is 21.7 Å². The number of rotatable bonds is 4. The van der Waals surface area contributed by atoms with Crippen molar-refractivity contribution in [3.8, 4) is 0 Å². The molecule has 1 N–H and O–H groups in total. The number of aryl methyl sites for hydroxylation is 1. The van der Waals surface area contributed by atoms with Gasteiger partial charge in [-0.3, -0.25) is 0 Å². The third-order valence-electron chi connectivity index (χ3n) is 3.60. The van der Waals surface area contributed by atoms with Gasteiger partial charge in [-0.25, -0.2) is 8.98 Å². The highest BCUT2D eigenvalue weighted by molar-refractivity contribution is 7.86. The van der Waals surface area contributed by atoms with Gasteiger partial charge in [0.2, 0.25) is 0 Å². The molecule has 0 spiro atoms. The maximum absolute atomic E-state index is 12.3. The number of carboxylic acid groups (broad SMARTS) is 1. The first-order chi connectivity index (χ1) is 9.36. The zero-order valence-electron chi connectivity index (χ0n) is 11.3. The van der Waals surface area contributed by atoms with Crippen molar-refractivity contribution in [1.82, 2.24) is 0 Å². The van der Waals surface area contributed by atoms with E-state index >= 15 is 0 Å². The number of carboxylic acids is 1. The number of carbonyl (C=O) groups is 1. The van der Waals surface area contributed by atoms with Gasteiger partial charge in [-0.15, -0.1) is 0 Å². The van der Waals surface area contributed by atoms with Crippen molar-refractivity contribution >= 4 is 16.1 Å². The Balaban J connectivity index is 2.32. The van der Waals surface area contributed by atoms with Crippen LogP contribution in [0.3, 0.4) is 0 Å². The molecule has 6 heteroatoms. The molecule has 0 bridgehead atoms. The van der Waals surface area contributed by atoms with Gasteiger partial charge in [0.25, 0.3) is 10.1 Å². The summed E-state index contributed by atoms with van der Waals surface area (Å²) in [5.74, 6) is -1.20. The summed E-state index contributed by atoms with van der Waals surface area (Å²) < 4.78 is 29.7. The molecule has 0 radical (unpaired) electrons. The van der Waals surface area contributed by atoms with E-state index in [4.69, 9.17) is 4.18 Å². The van der Waals surface area contributed by atoms with Crippen molar-refractivity contribution in [2.75, 3.05) is 0 Å². The lowest BCUT2D eigenvalue weighted by atomic mass is 9.85. The minimum atomic E-state index is -4.07. The van der Waals surface area contributed by atoms with Crippen LogP contribution in [0.5, 0.6) is 0 Å². The Labute approximate surface area is 118 Å². The summed E-state index contributed by atoms with van der Waals surface area (Å²) >= 11 is 0. The van der Waals surface area contributed by atoms with Crippen LogP contribution in [-0.4, -0.2) is 25.1 Å². The normalized spacial score (nSPS) is 18.6. The molecule has 20 heavy (non-hydrogen) atoms. The third kappa shape index (κ3) is 3.02. The van der Waals surface area contributed by atoms with Crippen LogP contribution in [-0.2, 0) is 19.1 Å². The molecule has 5 nitrogen and oxygen atoms in total. The van der Waals surface area contributed by atoms with E-state index in [2.05, 4.69) is 0 Å². The van der Waals surface area contributed by atoms with E-state index in [1.165, 1.54) is 12.1 Å². The molecule has 0 heterocycles. The Morgan fingerprint density at radius 1 is 1.25 bits per heavy atom. The summed E-state index contributed by atoms with van der Waals surface area (Å²) in [5, 5.41) is 9.36. The summed E-state index contributed by atoms with van der Waals surface area (Å²) in [7, 11) is -4.07. The highest BCUT2D eigenvalue weighted by Crippen LogP contribution is 2.35. The van der Waals surface area contributed by atoms with E-state index in [0.717, 1.165) is 12.0 Å². The minimum absolute atomic E-state index is 0.00342. The van der Waals surface area contributed by atoms with Gasteiger partial charge in [0, 0.05) is 0 Å². The molecule has 1 saturated carbocycles. The highest BCUT2D eigenvalue weighted by atomic mass is 32.2. The predicted molar refractivity (Wildman–Crippen MR) is 72.9 cm³/mol. The van der Waals surface area contributed by atoms with Crippen molar-refractivity contribution in [2.24, 2.45) is 0 Å². The van der Waals surface area contributed by atoms with Gasteiger partial charge in [0.05, 0.1) is 4.90 Å². The molecule has 1 fully saturated rings. The number of hydrogen-bond donors (Lipinski definition) is 1. The molecule has 0 saturated heterocycles. The van der Waals surface area contributed by atoms with Crippen LogP contribution in [0.4, 0.5) is 0 Å². The molecule has 1 aromatic carbocycles. The largest absolute Gasteiger partial charge is 0.479 e. The van der Waals surface area contributed by atoms with Crippen LogP contribution in [0, 0.1) is 6.92 Å². The Hall–Kier alpha value is -1.40. The molecule has 1 aliphatic rings. The second kappa shape index (κ2) is 5.54. The standard InChI is InChI=1S/C14H18O5S/c1-11-6-5-7-12(10-11)20(17,18)19-14(13(15)16)8-3-2-4-9-14/h5-7,10H,2-4,8-9H2,1H3,(H,15,16). The number of hydrogen-bond acceptors (Lipinski definition) is 4. The van der Waals surface area contributed by atoms with Crippen molar-refractivity contribution in [3.05, 3.63) is 29.8 Å². The summed E-state index contributed by atoms with van der Waals surface area (Å²) in [6.07, 6.45) is 2.69. The van der Waals surface area contributed by atoms with E-state index in [9.17, 15) is 18.3 Å². The SMILES string of the molecule is Cc1cccc(S(=O)(=O)OC2(C(=O)O)CCCCC2)c1. The molecule has 0 aliphatic heterocycles.